The van der Waals surface area contributed by atoms with Gasteiger partial charge in [0.25, 0.3) is 0 Å². The lowest BCUT2D eigenvalue weighted by Gasteiger charge is -2.31. The zero-order valence-corrected chi connectivity index (χ0v) is 14.1. The second kappa shape index (κ2) is 7.62. The normalized spacial score (nSPS) is 19.2. The van der Waals surface area contributed by atoms with Crippen LogP contribution in [0.15, 0.2) is 41.5 Å². The van der Waals surface area contributed by atoms with Crippen LogP contribution in [0.2, 0.25) is 0 Å². The van der Waals surface area contributed by atoms with Crippen molar-refractivity contribution in [2.24, 2.45) is 4.99 Å². The lowest BCUT2D eigenvalue weighted by atomic mass is 9.90. The number of hydrogen-bond donors (Lipinski definition) is 0. The summed E-state index contributed by atoms with van der Waals surface area (Å²) in [7, 11) is 1.55. The summed E-state index contributed by atoms with van der Waals surface area (Å²) < 4.78 is 25.3. The summed E-state index contributed by atoms with van der Waals surface area (Å²) in [5, 5.41) is 2.38. The van der Waals surface area contributed by atoms with E-state index in [-0.39, 0.29) is 24.6 Å². The van der Waals surface area contributed by atoms with Crippen molar-refractivity contribution in [2.75, 3.05) is 7.11 Å². The van der Waals surface area contributed by atoms with Gasteiger partial charge in [-0.15, -0.1) is 0 Å². The molecular weight excluding hydrogens is 327 g/mol. The number of thiocarbonyl (C=S) groups is 1. The van der Waals surface area contributed by atoms with Gasteiger partial charge in [0, 0.05) is 17.3 Å². The fourth-order valence-corrected chi connectivity index (χ4v) is 2.82. The fourth-order valence-electron chi connectivity index (χ4n) is 2.67. The third-order valence-corrected chi connectivity index (χ3v) is 4.21. The molecule has 0 saturated heterocycles. The van der Waals surface area contributed by atoms with Gasteiger partial charge < -0.3 is 9.47 Å². The number of nitrogens with zero attached hydrogens (tertiary/aromatic N) is 2. The Morgan fingerprint density at radius 2 is 2.21 bits per heavy atom. The first-order chi connectivity index (χ1) is 11.7. The van der Waals surface area contributed by atoms with Gasteiger partial charge in [-0.25, -0.2) is 14.4 Å². The number of ether oxygens (including phenoxy) is 2. The van der Waals surface area contributed by atoms with Gasteiger partial charge in [0.15, 0.2) is 0 Å². The predicted molar refractivity (Wildman–Crippen MR) is 92.8 cm³/mol. The topological polar surface area (TPSA) is 43.7 Å². The van der Waals surface area contributed by atoms with E-state index in [0.717, 1.165) is 24.0 Å². The molecule has 1 aromatic carbocycles. The summed E-state index contributed by atoms with van der Waals surface area (Å²) >= 11 is 4.58. The average Bonchev–Trinajstić information content (AvgIpc) is 2.57. The zero-order chi connectivity index (χ0) is 16.9. The second-order valence-electron chi connectivity index (χ2n) is 5.65. The van der Waals surface area contributed by atoms with E-state index in [4.69, 9.17) is 9.47 Å². The van der Waals surface area contributed by atoms with Crippen LogP contribution < -0.4 is 4.74 Å². The quantitative estimate of drug-likeness (QED) is 0.586. The number of hydrogen-bond acceptors (Lipinski definition) is 5. The lowest BCUT2D eigenvalue weighted by molar-refractivity contribution is -0.0192. The standard InChI is InChI=1S/C18H17FN2O2S/c1-22-18-16(3-2-6-20-18)12-4-5-13(17(19)7-12)10-23-15-8-14(9-15)21-11-24/h2-7,14-15H,8-10H2,1H3. The van der Waals surface area contributed by atoms with Crippen LogP contribution in [-0.4, -0.2) is 29.4 Å². The molecule has 0 spiro atoms. The Labute approximate surface area is 145 Å². The van der Waals surface area contributed by atoms with E-state index in [1.807, 2.05) is 12.1 Å². The molecule has 1 aromatic heterocycles. The van der Waals surface area contributed by atoms with Gasteiger partial charge in [-0.2, -0.15) is 0 Å². The van der Waals surface area contributed by atoms with Gasteiger partial charge in [-0.1, -0.05) is 12.1 Å². The van der Waals surface area contributed by atoms with Crippen LogP contribution in [0, 0.1) is 5.82 Å². The maximum absolute atomic E-state index is 14.4. The van der Waals surface area contributed by atoms with Crippen molar-refractivity contribution >= 4 is 17.4 Å². The van der Waals surface area contributed by atoms with Gasteiger partial charge in [0.1, 0.15) is 5.82 Å². The number of pyridine rings is 1. The number of isothiocyanates is 1. The van der Waals surface area contributed by atoms with Crippen molar-refractivity contribution in [1.29, 1.82) is 0 Å². The monoisotopic (exact) mass is 344 g/mol. The van der Waals surface area contributed by atoms with Crippen molar-refractivity contribution in [3.63, 3.8) is 0 Å². The van der Waals surface area contributed by atoms with Crippen LogP contribution in [0.25, 0.3) is 11.1 Å². The number of aliphatic imine (C=N–C) groups is 1. The number of rotatable bonds is 6. The zero-order valence-electron chi connectivity index (χ0n) is 13.2. The molecule has 4 nitrogen and oxygen atoms in total. The highest BCUT2D eigenvalue weighted by Crippen LogP contribution is 2.30. The maximum atomic E-state index is 14.4. The van der Waals surface area contributed by atoms with Gasteiger partial charge in [-0.05, 0) is 48.8 Å². The molecule has 0 atom stereocenters. The summed E-state index contributed by atoms with van der Waals surface area (Å²) in [5.74, 6) is 0.173. The molecule has 124 valence electrons. The molecule has 24 heavy (non-hydrogen) atoms. The maximum Gasteiger partial charge on any atom is 0.221 e. The molecule has 1 aliphatic carbocycles. The smallest absolute Gasteiger partial charge is 0.221 e. The highest BCUT2D eigenvalue weighted by atomic mass is 32.1. The Hall–Kier alpha value is -2.14. The summed E-state index contributed by atoms with van der Waals surface area (Å²) in [4.78, 5) is 8.14. The van der Waals surface area contributed by atoms with Crippen LogP contribution in [0.5, 0.6) is 5.88 Å². The van der Waals surface area contributed by atoms with Crippen molar-refractivity contribution in [3.8, 4) is 17.0 Å². The molecule has 1 heterocycles. The van der Waals surface area contributed by atoms with E-state index in [1.165, 1.54) is 6.07 Å². The molecule has 3 rings (SSSR count). The molecule has 0 unspecified atom stereocenters. The number of halogens is 1. The van der Waals surface area contributed by atoms with Gasteiger partial charge in [0.2, 0.25) is 5.88 Å². The van der Waals surface area contributed by atoms with E-state index < -0.39 is 0 Å². The van der Waals surface area contributed by atoms with E-state index in [1.54, 1.807) is 25.4 Å². The molecule has 0 aliphatic heterocycles. The van der Waals surface area contributed by atoms with E-state index >= 15 is 0 Å². The molecule has 1 fully saturated rings. The number of benzene rings is 1. The predicted octanol–water partition coefficient (Wildman–Crippen LogP) is 4.05. The van der Waals surface area contributed by atoms with Gasteiger partial charge in [0.05, 0.1) is 31.0 Å². The van der Waals surface area contributed by atoms with Crippen LogP contribution in [0.3, 0.4) is 0 Å². The Kier molecular flexibility index (Phi) is 5.30. The SMILES string of the molecule is COc1ncccc1-c1ccc(COC2CC(N=C=S)C2)c(F)c1. The lowest BCUT2D eigenvalue weighted by Crippen LogP contribution is -2.34. The van der Waals surface area contributed by atoms with Crippen molar-refractivity contribution in [2.45, 2.75) is 31.6 Å². The van der Waals surface area contributed by atoms with Crippen molar-refractivity contribution in [1.82, 2.24) is 4.98 Å². The molecule has 6 heteroatoms. The molecule has 1 aliphatic rings. The van der Waals surface area contributed by atoms with Crippen LogP contribution in [0.1, 0.15) is 18.4 Å². The Bertz CT molecular complexity index is 771. The summed E-state index contributed by atoms with van der Waals surface area (Å²) in [6.07, 6.45) is 3.38. The van der Waals surface area contributed by atoms with Crippen LogP contribution in [-0.2, 0) is 11.3 Å². The average molecular weight is 344 g/mol. The molecule has 2 aromatic rings. The molecular formula is C18H17FN2O2S. The first-order valence-electron chi connectivity index (χ1n) is 7.67. The van der Waals surface area contributed by atoms with E-state index in [0.29, 0.717) is 11.4 Å². The number of aromatic nitrogens is 1. The summed E-state index contributed by atoms with van der Waals surface area (Å²) in [6, 6.07) is 8.92. The van der Waals surface area contributed by atoms with Crippen LogP contribution >= 0.6 is 12.2 Å². The van der Waals surface area contributed by atoms with Crippen LogP contribution in [0.4, 0.5) is 4.39 Å². The first-order valence-corrected chi connectivity index (χ1v) is 8.08. The Balaban J connectivity index is 1.66. The van der Waals surface area contributed by atoms with Crippen molar-refractivity contribution in [3.05, 3.63) is 47.9 Å². The fraction of sp³-hybridized carbons (Fsp3) is 0.333. The Morgan fingerprint density at radius 1 is 1.38 bits per heavy atom. The minimum Gasteiger partial charge on any atom is -0.481 e. The number of methoxy groups -OCH3 is 1. The molecule has 1 saturated carbocycles. The molecule has 0 N–H and O–H groups in total. The van der Waals surface area contributed by atoms with Gasteiger partial charge in [-0.3, -0.25) is 0 Å². The third-order valence-electron chi connectivity index (χ3n) is 4.11. The highest BCUT2D eigenvalue weighted by molar-refractivity contribution is 7.78. The second-order valence-corrected chi connectivity index (χ2v) is 5.83. The first kappa shape index (κ1) is 16.7. The highest BCUT2D eigenvalue weighted by Gasteiger charge is 2.29. The third kappa shape index (κ3) is 3.67. The Morgan fingerprint density at radius 3 is 2.92 bits per heavy atom. The van der Waals surface area contributed by atoms with E-state index in [2.05, 4.69) is 27.4 Å². The van der Waals surface area contributed by atoms with Gasteiger partial charge >= 0.3 is 0 Å². The molecule has 0 amide bonds. The largest absolute Gasteiger partial charge is 0.481 e. The molecule has 0 radical (unpaired) electrons. The van der Waals surface area contributed by atoms with E-state index in [9.17, 15) is 4.39 Å². The summed E-state index contributed by atoms with van der Waals surface area (Å²) in [6.45, 7) is 0.245. The van der Waals surface area contributed by atoms with Crippen molar-refractivity contribution < 1.29 is 13.9 Å². The summed E-state index contributed by atoms with van der Waals surface area (Å²) in [5.41, 5.74) is 2.01. The minimum absolute atomic E-state index is 0.111. The minimum atomic E-state index is -0.300. The molecule has 0 bridgehead atoms.